The lowest BCUT2D eigenvalue weighted by Crippen LogP contribution is -2.23. The van der Waals surface area contributed by atoms with Gasteiger partial charge < -0.3 is 20.1 Å². The van der Waals surface area contributed by atoms with Gasteiger partial charge in [0, 0.05) is 12.2 Å². The summed E-state index contributed by atoms with van der Waals surface area (Å²) in [7, 11) is 0. The van der Waals surface area contributed by atoms with E-state index in [1.807, 2.05) is 36.4 Å². The molecule has 2 N–H and O–H groups in total. The second-order valence-electron chi connectivity index (χ2n) is 7.32. The standard InChI is InChI=1S/C27H24FN3O4/c1-2-34-25-15-20(14-21(16-29)27(33)30-17-19-6-4-3-5-7-19)8-13-24(25)35-18-26(32)31-23-11-9-22(28)10-12-23/h3-15H,2,17-18H2,1H3,(H,30,33)(H,31,32). The molecule has 0 fully saturated rings. The second kappa shape index (κ2) is 12.6. The average Bonchev–Trinajstić information content (AvgIpc) is 2.87. The molecule has 0 atom stereocenters. The lowest BCUT2D eigenvalue weighted by molar-refractivity contribution is -0.118. The molecule has 0 bridgehead atoms. The van der Waals surface area contributed by atoms with Crippen LogP contribution in [0, 0.1) is 17.1 Å². The maximum atomic E-state index is 13.0. The van der Waals surface area contributed by atoms with Crippen molar-refractivity contribution >= 4 is 23.6 Å². The number of ether oxygens (including phenoxy) is 2. The molecule has 2 amide bonds. The van der Waals surface area contributed by atoms with Crippen molar-refractivity contribution in [3.8, 4) is 17.6 Å². The van der Waals surface area contributed by atoms with E-state index in [-0.39, 0.29) is 12.2 Å². The monoisotopic (exact) mass is 473 g/mol. The van der Waals surface area contributed by atoms with Crippen molar-refractivity contribution in [3.05, 3.63) is 95.3 Å². The van der Waals surface area contributed by atoms with E-state index in [1.165, 1.54) is 30.3 Å². The van der Waals surface area contributed by atoms with Crippen LogP contribution in [0.25, 0.3) is 6.08 Å². The summed E-state index contributed by atoms with van der Waals surface area (Å²) < 4.78 is 24.2. The zero-order chi connectivity index (χ0) is 25.0. The van der Waals surface area contributed by atoms with Crippen LogP contribution in [0.15, 0.2) is 78.4 Å². The van der Waals surface area contributed by atoms with Gasteiger partial charge in [0.05, 0.1) is 6.61 Å². The molecule has 0 aliphatic rings. The third-order valence-electron chi connectivity index (χ3n) is 4.73. The molecule has 0 aliphatic heterocycles. The van der Waals surface area contributed by atoms with Crippen LogP contribution >= 0.6 is 0 Å². The first-order valence-electron chi connectivity index (χ1n) is 10.9. The smallest absolute Gasteiger partial charge is 0.262 e. The van der Waals surface area contributed by atoms with E-state index in [9.17, 15) is 19.2 Å². The normalized spacial score (nSPS) is 10.7. The summed E-state index contributed by atoms with van der Waals surface area (Å²) in [5.41, 5.74) is 1.86. The molecule has 0 heterocycles. The van der Waals surface area contributed by atoms with Gasteiger partial charge in [0.15, 0.2) is 18.1 Å². The molecule has 3 aromatic rings. The Morgan fingerprint density at radius 1 is 1.00 bits per heavy atom. The van der Waals surface area contributed by atoms with E-state index < -0.39 is 17.6 Å². The van der Waals surface area contributed by atoms with Crippen molar-refractivity contribution in [1.82, 2.24) is 5.32 Å². The minimum absolute atomic E-state index is 0.0595. The third kappa shape index (κ3) is 7.72. The number of carbonyl (C=O) groups is 2. The lowest BCUT2D eigenvalue weighted by Gasteiger charge is -2.13. The molecule has 0 aromatic heterocycles. The minimum atomic E-state index is -0.493. The van der Waals surface area contributed by atoms with Gasteiger partial charge in [-0.2, -0.15) is 5.26 Å². The number of anilines is 1. The van der Waals surface area contributed by atoms with Gasteiger partial charge in [-0.1, -0.05) is 36.4 Å². The van der Waals surface area contributed by atoms with E-state index in [0.29, 0.717) is 35.9 Å². The predicted octanol–water partition coefficient (Wildman–Crippen LogP) is 4.47. The van der Waals surface area contributed by atoms with Crippen LogP contribution in [0.2, 0.25) is 0 Å². The molecule has 0 spiro atoms. The summed E-state index contributed by atoms with van der Waals surface area (Å²) in [5.74, 6) is -0.636. The Hall–Kier alpha value is -4.64. The average molecular weight is 474 g/mol. The summed E-state index contributed by atoms with van der Waals surface area (Å²) in [6.07, 6.45) is 1.45. The maximum Gasteiger partial charge on any atom is 0.262 e. The number of rotatable bonds is 10. The Labute approximate surface area is 202 Å². The zero-order valence-corrected chi connectivity index (χ0v) is 19.1. The van der Waals surface area contributed by atoms with Crippen molar-refractivity contribution in [2.24, 2.45) is 0 Å². The van der Waals surface area contributed by atoms with Crippen molar-refractivity contribution in [3.63, 3.8) is 0 Å². The molecule has 3 aromatic carbocycles. The van der Waals surface area contributed by atoms with Crippen LogP contribution in [0.4, 0.5) is 10.1 Å². The first-order valence-corrected chi connectivity index (χ1v) is 10.9. The topological polar surface area (TPSA) is 100 Å². The van der Waals surface area contributed by atoms with Gasteiger partial charge in [0.25, 0.3) is 11.8 Å². The Balaban J connectivity index is 1.66. The summed E-state index contributed by atoms with van der Waals surface area (Å²) in [6.45, 7) is 2.15. The summed E-state index contributed by atoms with van der Waals surface area (Å²) in [6, 6.07) is 21.5. The zero-order valence-electron chi connectivity index (χ0n) is 19.1. The molecule has 3 rings (SSSR count). The van der Waals surface area contributed by atoms with Gasteiger partial charge in [0.1, 0.15) is 17.5 Å². The van der Waals surface area contributed by atoms with Crippen LogP contribution in [0.3, 0.4) is 0 Å². The van der Waals surface area contributed by atoms with Crippen molar-refractivity contribution in [2.75, 3.05) is 18.5 Å². The number of nitrogens with zero attached hydrogens (tertiary/aromatic N) is 1. The molecule has 0 saturated heterocycles. The highest BCUT2D eigenvalue weighted by molar-refractivity contribution is 6.01. The quantitative estimate of drug-likeness (QED) is 0.334. The molecular weight excluding hydrogens is 449 g/mol. The van der Waals surface area contributed by atoms with Crippen LogP contribution in [-0.4, -0.2) is 25.0 Å². The van der Waals surface area contributed by atoms with Crippen LogP contribution in [0.1, 0.15) is 18.1 Å². The summed E-state index contributed by atoms with van der Waals surface area (Å²) in [4.78, 5) is 24.6. The molecular formula is C27H24FN3O4. The van der Waals surface area contributed by atoms with Crippen LogP contribution < -0.4 is 20.1 Å². The molecule has 0 unspecified atom stereocenters. The van der Waals surface area contributed by atoms with E-state index in [2.05, 4.69) is 10.6 Å². The highest BCUT2D eigenvalue weighted by Gasteiger charge is 2.12. The molecule has 7 nitrogen and oxygen atoms in total. The van der Waals surface area contributed by atoms with Gasteiger partial charge in [-0.3, -0.25) is 9.59 Å². The maximum absolute atomic E-state index is 13.0. The van der Waals surface area contributed by atoms with Gasteiger partial charge in [-0.25, -0.2) is 4.39 Å². The Morgan fingerprint density at radius 2 is 1.74 bits per heavy atom. The number of nitriles is 1. The third-order valence-corrected chi connectivity index (χ3v) is 4.73. The number of nitrogens with one attached hydrogen (secondary N) is 2. The largest absolute Gasteiger partial charge is 0.490 e. The molecule has 0 saturated carbocycles. The first-order chi connectivity index (χ1) is 17.0. The highest BCUT2D eigenvalue weighted by atomic mass is 19.1. The van der Waals surface area contributed by atoms with Crippen LogP contribution in [-0.2, 0) is 16.1 Å². The Morgan fingerprint density at radius 3 is 2.43 bits per heavy atom. The van der Waals surface area contributed by atoms with Crippen molar-refractivity contribution in [2.45, 2.75) is 13.5 Å². The molecule has 35 heavy (non-hydrogen) atoms. The first kappa shape index (κ1) is 25.0. The number of halogens is 1. The summed E-state index contributed by atoms with van der Waals surface area (Å²) in [5, 5.41) is 14.8. The van der Waals surface area contributed by atoms with Crippen molar-refractivity contribution in [1.29, 1.82) is 5.26 Å². The fourth-order valence-corrected chi connectivity index (χ4v) is 3.06. The van der Waals surface area contributed by atoms with Gasteiger partial charge in [0.2, 0.25) is 0 Å². The van der Waals surface area contributed by atoms with Crippen molar-refractivity contribution < 1.29 is 23.5 Å². The lowest BCUT2D eigenvalue weighted by atomic mass is 10.1. The highest BCUT2D eigenvalue weighted by Crippen LogP contribution is 2.29. The Kier molecular flexibility index (Phi) is 8.97. The fourth-order valence-electron chi connectivity index (χ4n) is 3.06. The van der Waals surface area contributed by atoms with Gasteiger partial charge in [-0.15, -0.1) is 0 Å². The summed E-state index contributed by atoms with van der Waals surface area (Å²) >= 11 is 0. The van der Waals surface area contributed by atoms with E-state index in [4.69, 9.17) is 9.47 Å². The number of carbonyl (C=O) groups excluding carboxylic acids is 2. The fraction of sp³-hybridized carbons (Fsp3) is 0.148. The number of benzene rings is 3. The van der Waals surface area contributed by atoms with E-state index >= 15 is 0 Å². The van der Waals surface area contributed by atoms with Crippen LogP contribution in [0.5, 0.6) is 11.5 Å². The van der Waals surface area contributed by atoms with E-state index in [1.54, 1.807) is 25.1 Å². The SMILES string of the molecule is CCOc1cc(C=C(C#N)C(=O)NCc2ccccc2)ccc1OCC(=O)Nc1ccc(F)cc1. The molecule has 0 aliphatic carbocycles. The molecule has 178 valence electrons. The second-order valence-corrected chi connectivity index (χ2v) is 7.32. The van der Waals surface area contributed by atoms with Gasteiger partial charge >= 0.3 is 0 Å². The minimum Gasteiger partial charge on any atom is -0.490 e. The molecule has 8 heteroatoms. The predicted molar refractivity (Wildman–Crippen MR) is 130 cm³/mol. The van der Waals surface area contributed by atoms with Gasteiger partial charge in [-0.05, 0) is 60.5 Å². The number of amides is 2. The number of hydrogen-bond acceptors (Lipinski definition) is 5. The Bertz CT molecular complexity index is 1240. The molecule has 0 radical (unpaired) electrons. The van der Waals surface area contributed by atoms with E-state index in [0.717, 1.165) is 5.56 Å². The number of hydrogen-bond donors (Lipinski definition) is 2.